The summed E-state index contributed by atoms with van der Waals surface area (Å²) in [5.74, 6) is 0.168. The zero-order chi connectivity index (χ0) is 13.2. The molecule has 94 valence electrons. The van der Waals surface area contributed by atoms with E-state index in [1.807, 2.05) is 0 Å². The number of amidine groups is 1. The van der Waals surface area contributed by atoms with E-state index < -0.39 is 13.0 Å². The Morgan fingerprint density at radius 3 is 2.59 bits per heavy atom. The monoisotopic (exact) mass is 242 g/mol. The summed E-state index contributed by atoms with van der Waals surface area (Å²) < 4.78 is 24.7. The summed E-state index contributed by atoms with van der Waals surface area (Å²) in [5, 5.41) is 7.49. The molecule has 0 saturated carbocycles. The molecule has 0 atom stereocenters. The number of aryl methyl sites for hydroxylation is 2. The minimum Gasteiger partial charge on any atom is -0.384 e. The summed E-state index contributed by atoms with van der Waals surface area (Å²) in [6.07, 6.45) is -2.46. The molecule has 1 rings (SSSR count). The topological polar surface area (TPSA) is 66.0 Å². The van der Waals surface area contributed by atoms with Gasteiger partial charge in [-0.05, 0) is 25.5 Å². The van der Waals surface area contributed by atoms with Crippen molar-refractivity contribution in [2.45, 2.75) is 20.3 Å². The van der Waals surface area contributed by atoms with Crippen LogP contribution < -0.4 is 10.6 Å². The van der Waals surface area contributed by atoms with E-state index in [0.29, 0.717) is 17.1 Å². The molecule has 0 fully saturated rings. The van der Waals surface area contributed by atoms with Gasteiger partial charge in [-0.2, -0.15) is 0 Å². The van der Waals surface area contributed by atoms with Gasteiger partial charge in [0, 0.05) is 12.7 Å². The zero-order valence-corrected chi connectivity index (χ0v) is 10.1. The fraction of sp³-hybridized carbons (Fsp3) is 0.455. The van der Waals surface area contributed by atoms with E-state index in [1.54, 1.807) is 19.9 Å². The van der Waals surface area contributed by atoms with Gasteiger partial charge in [0.2, 0.25) is 0 Å². The van der Waals surface area contributed by atoms with Gasteiger partial charge in [0.05, 0.1) is 12.1 Å². The highest BCUT2D eigenvalue weighted by molar-refractivity contribution is 6.01. The van der Waals surface area contributed by atoms with E-state index in [9.17, 15) is 8.78 Å². The van der Waals surface area contributed by atoms with E-state index in [4.69, 9.17) is 11.1 Å². The molecule has 17 heavy (non-hydrogen) atoms. The standard InChI is InChI=1S/C11H16F2N4/c1-6-4-7(2)16-11(9(6)10(14)15)17(3)5-8(12)13/h4,8H,5H2,1-3H3,(H3,14,15). The van der Waals surface area contributed by atoms with E-state index >= 15 is 0 Å². The normalized spacial score (nSPS) is 10.7. The number of alkyl halides is 2. The summed E-state index contributed by atoms with van der Waals surface area (Å²) in [4.78, 5) is 5.50. The van der Waals surface area contributed by atoms with Crippen LogP contribution in [0.2, 0.25) is 0 Å². The Balaban J connectivity index is 3.25. The van der Waals surface area contributed by atoms with Crippen LogP contribution in [0.3, 0.4) is 0 Å². The average Bonchev–Trinajstić information content (AvgIpc) is 2.14. The number of hydrogen-bond acceptors (Lipinski definition) is 3. The molecule has 0 aliphatic rings. The van der Waals surface area contributed by atoms with Crippen molar-refractivity contribution >= 4 is 11.7 Å². The quantitative estimate of drug-likeness (QED) is 0.623. The van der Waals surface area contributed by atoms with Crippen LogP contribution in [-0.2, 0) is 0 Å². The van der Waals surface area contributed by atoms with Gasteiger partial charge in [0.25, 0.3) is 6.43 Å². The molecule has 0 unspecified atom stereocenters. The number of nitrogens with one attached hydrogen (secondary N) is 1. The van der Waals surface area contributed by atoms with Gasteiger partial charge >= 0.3 is 0 Å². The van der Waals surface area contributed by atoms with Crippen molar-refractivity contribution in [2.75, 3.05) is 18.5 Å². The van der Waals surface area contributed by atoms with Crippen molar-refractivity contribution in [3.05, 3.63) is 22.9 Å². The third-order valence-corrected chi connectivity index (χ3v) is 2.37. The summed E-state index contributed by atoms with van der Waals surface area (Å²) in [7, 11) is 1.51. The number of hydrogen-bond donors (Lipinski definition) is 2. The fourth-order valence-electron chi connectivity index (χ4n) is 1.72. The van der Waals surface area contributed by atoms with Gasteiger partial charge in [-0.1, -0.05) is 0 Å². The maximum absolute atomic E-state index is 12.4. The minimum atomic E-state index is -2.46. The SMILES string of the molecule is Cc1cc(C)c(C(=N)N)c(N(C)CC(F)F)n1. The zero-order valence-electron chi connectivity index (χ0n) is 10.1. The molecule has 6 heteroatoms. The number of aromatic nitrogens is 1. The van der Waals surface area contributed by atoms with Crippen LogP contribution in [0.5, 0.6) is 0 Å². The highest BCUT2D eigenvalue weighted by Crippen LogP contribution is 2.21. The van der Waals surface area contributed by atoms with Gasteiger partial charge in [-0.15, -0.1) is 0 Å². The molecule has 0 saturated heterocycles. The molecular formula is C11H16F2N4. The van der Waals surface area contributed by atoms with Gasteiger partial charge in [-0.3, -0.25) is 5.41 Å². The maximum atomic E-state index is 12.4. The van der Waals surface area contributed by atoms with Crippen molar-refractivity contribution < 1.29 is 8.78 Å². The third-order valence-electron chi connectivity index (χ3n) is 2.37. The first-order chi connectivity index (χ1) is 7.82. The summed E-state index contributed by atoms with van der Waals surface area (Å²) in [6, 6.07) is 1.77. The molecule has 0 radical (unpaired) electrons. The van der Waals surface area contributed by atoms with Gasteiger partial charge in [0.15, 0.2) is 0 Å². The predicted octanol–water partition coefficient (Wildman–Crippen LogP) is 1.68. The molecule has 1 aromatic rings. The summed E-state index contributed by atoms with van der Waals surface area (Å²) >= 11 is 0. The van der Waals surface area contributed by atoms with E-state index in [0.717, 1.165) is 5.56 Å². The van der Waals surface area contributed by atoms with Crippen molar-refractivity contribution in [1.82, 2.24) is 4.98 Å². The van der Waals surface area contributed by atoms with Crippen LogP contribution >= 0.6 is 0 Å². The number of pyridine rings is 1. The Labute approximate surface area is 99.0 Å². The molecule has 0 aromatic carbocycles. The fourth-order valence-corrected chi connectivity index (χ4v) is 1.72. The summed E-state index contributed by atoms with van der Waals surface area (Å²) in [5.41, 5.74) is 7.36. The third kappa shape index (κ3) is 3.12. The van der Waals surface area contributed by atoms with Crippen molar-refractivity contribution in [2.24, 2.45) is 5.73 Å². The number of rotatable bonds is 4. The van der Waals surface area contributed by atoms with Crippen LogP contribution in [0.4, 0.5) is 14.6 Å². The second kappa shape index (κ2) is 5.07. The molecule has 0 spiro atoms. The van der Waals surface area contributed by atoms with Crippen LogP contribution in [-0.4, -0.2) is 30.8 Å². The lowest BCUT2D eigenvalue weighted by molar-refractivity contribution is 0.156. The molecular weight excluding hydrogens is 226 g/mol. The molecule has 0 aliphatic heterocycles. The maximum Gasteiger partial charge on any atom is 0.255 e. The summed E-state index contributed by atoms with van der Waals surface area (Å²) in [6.45, 7) is 3.12. The lowest BCUT2D eigenvalue weighted by Crippen LogP contribution is -2.29. The smallest absolute Gasteiger partial charge is 0.255 e. The first kappa shape index (κ1) is 13.3. The van der Waals surface area contributed by atoms with Gasteiger partial charge < -0.3 is 10.6 Å². The molecule has 0 bridgehead atoms. The highest BCUT2D eigenvalue weighted by atomic mass is 19.3. The minimum absolute atomic E-state index is 0.161. The van der Waals surface area contributed by atoms with E-state index in [2.05, 4.69) is 4.98 Å². The van der Waals surface area contributed by atoms with Gasteiger partial charge in [-0.25, -0.2) is 13.8 Å². The molecule has 0 amide bonds. The first-order valence-electron chi connectivity index (χ1n) is 5.14. The molecule has 4 nitrogen and oxygen atoms in total. The number of nitrogens with zero attached hydrogens (tertiary/aromatic N) is 2. The number of nitrogen functional groups attached to an aromatic ring is 1. The lowest BCUT2D eigenvalue weighted by atomic mass is 10.1. The highest BCUT2D eigenvalue weighted by Gasteiger charge is 2.17. The van der Waals surface area contributed by atoms with Crippen LogP contribution in [0.15, 0.2) is 6.07 Å². The van der Waals surface area contributed by atoms with Gasteiger partial charge in [0.1, 0.15) is 11.7 Å². The predicted molar refractivity (Wildman–Crippen MR) is 64.0 cm³/mol. The largest absolute Gasteiger partial charge is 0.384 e. The Hall–Kier alpha value is -1.72. The Morgan fingerprint density at radius 1 is 1.53 bits per heavy atom. The second-order valence-corrected chi connectivity index (χ2v) is 3.96. The van der Waals surface area contributed by atoms with Crippen LogP contribution in [0.1, 0.15) is 16.8 Å². The second-order valence-electron chi connectivity index (χ2n) is 3.96. The lowest BCUT2D eigenvalue weighted by Gasteiger charge is -2.22. The number of anilines is 1. The van der Waals surface area contributed by atoms with E-state index in [1.165, 1.54) is 11.9 Å². The van der Waals surface area contributed by atoms with Crippen molar-refractivity contribution in [3.63, 3.8) is 0 Å². The Kier molecular flexibility index (Phi) is 3.98. The molecule has 1 heterocycles. The van der Waals surface area contributed by atoms with Crippen LogP contribution in [0.25, 0.3) is 0 Å². The molecule has 1 aromatic heterocycles. The Bertz CT molecular complexity index is 432. The molecule has 3 N–H and O–H groups in total. The van der Waals surface area contributed by atoms with E-state index in [-0.39, 0.29) is 5.84 Å². The number of nitrogens with two attached hydrogens (primary N) is 1. The first-order valence-corrected chi connectivity index (χ1v) is 5.14. The average molecular weight is 242 g/mol. The van der Waals surface area contributed by atoms with Crippen LogP contribution in [0, 0.1) is 19.3 Å². The van der Waals surface area contributed by atoms with Crippen molar-refractivity contribution in [1.29, 1.82) is 5.41 Å². The molecule has 0 aliphatic carbocycles. The van der Waals surface area contributed by atoms with Crippen molar-refractivity contribution in [3.8, 4) is 0 Å². The number of halogens is 2. The Morgan fingerprint density at radius 2 is 2.12 bits per heavy atom.